The molecule has 0 aliphatic rings. The fourth-order valence-electron chi connectivity index (χ4n) is 1.05. The largest absolute Gasteiger partial charge is 1.00 e. The van der Waals surface area contributed by atoms with E-state index in [4.69, 9.17) is 0 Å². The third-order valence-electron chi connectivity index (χ3n) is 1.78. The number of aryl methyl sites for hydroxylation is 1. The molecule has 1 aromatic rings. The summed E-state index contributed by atoms with van der Waals surface area (Å²) in [4.78, 5) is 0. The summed E-state index contributed by atoms with van der Waals surface area (Å²) in [5.41, 5.74) is 2.68. The molecule has 0 N–H and O–H groups in total. The second-order valence-electron chi connectivity index (χ2n) is 3.85. The molecule has 1 rings (SSSR count). The summed E-state index contributed by atoms with van der Waals surface area (Å²) in [7, 11) is 6.53. The quantitative estimate of drug-likeness (QED) is 0.465. The summed E-state index contributed by atoms with van der Waals surface area (Å²) in [6.45, 7) is 2.12. The molecule has 68 valence electrons. The van der Waals surface area contributed by atoms with Gasteiger partial charge in [-0.25, -0.2) is 0 Å². The maximum atomic E-state index is 2.22. The fourth-order valence-corrected chi connectivity index (χ4v) is 1.05. The predicted molar refractivity (Wildman–Crippen MR) is 50.7 cm³/mol. The lowest BCUT2D eigenvalue weighted by Gasteiger charge is -2.23. The van der Waals surface area contributed by atoms with Crippen LogP contribution in [0.1, 0.15) is 5.56 Å². The van der Waals surface area contributed by atoms with Crippen LogP contribution in [0.3, 0.4) is 0 Å². The maximum absolute atomic E-state index is 2.22. The Hall–Kier alpha value is -0.0900. The molecule has 0 aliphatic heterocycles. The second kappa shape index (κ2) is 4.23. The first-order valence-electron chi connectivity index (χ1n) is 3.89. The standard InChI is InChI=1S/C10H16N.HI/c1-9-6-5-7-10(8-9)11(2,3)4;/h5-8H,1-4H3;1H/q+1;/p-1/i2-1;. The van der Waals surface area contributed by atoms with Crippen molar-refractivity contribution < 1.29 is 24.0 Å². The highest BCUT2D eigenvalue weighted by atomic mass is 127. The monoisotopic (exact) mass is 276 g/mol. The maximum Gasteiger partial charge on any atom is 0.132 e. The minimum absolute atomic E-state index is 0. The van der Waals surface area contributed by atoms with Crippen LogP contribution in [0.4, 0.5) is 5.69 Å². The third kappa shape index (κ3) is 3.11. The van der Waals surface area contributed by atoms with E-state index in [0.29, 0.717) is 0 Å². The topological polar surface area (TPSA) is 0 Å². The van der Waals surface area contributed by atoms with Gasteiger partial charge >= 0.3 is 0 Å². The van der Waals surface area contributed by atoms with Gasteiger partial charge in [0, 0.05) is 6.07 Å². The molecule has 0 fully saturated rings. The number of rotatable bonds is 1. The van der Waals surface area contributed by atoms with Crippen molar-refractivity contribution in [3.05, 3.63) is 29.8 Å². The Kier molecular flexibility index (Phi) is 4.20. The normalized spacial score (nSPS) is 10.7. The summed E-state index contributed by atoms with van der Waals surface area (Å²) < 4.78 is 0.891. The highest BCUT2D eigenvalue weighted by Gasteiger charge is 2.10. The van der Waals surface area contributed by atoms with Gasteiger partial charge in [0.25, 0.3) is 0 Å². The zero-order valence-corrected chi connectivity index (χ0v) is 10.3. The van der Waals surface area contributed by atoms with Crippen molar-refractivity contribution in [3.63, 3.8) is 0 Å². The van der Waals surface area contributed by atoms with Crippen LogP contribution in [0.5, 0.6) is 0 Å². The molecule has 1 aromatic carbocycles. The van der Waals surface area contributed by atoms with Crippen LogP contribution in [-0.4, -0.2) is 21.1 Å². The van der Waals surface area contributed by atoms with Crippen LogP contribution in [-0.2, 0) is 0 Å². The Morgan fingerprint density at radius 2 is 1.67 bits per heavy atom. The zero-order chi connectivity index (χ0) is 8.48. The van der Waals surface area contributed by atoms with Crippen LogP contribution in [0.25, 0.3) is 0 Å². The summed E-state index contributed by atoms with van der Waals surface area (Å²) in [5.74, 6) is 0. The summed E-state index contributed by atoms with van der Waals surface area (Å²) in [5, 5.41) is 0. The van der Waals surface area contributed by atoms with Crippen molar-refractivity contribution in [2.75, 3.05) is 21.1 Å². The van der Waals surface area contributed by atoms with Crippen LogP contribution in [0, 0.1) is 6.92 Å². The lowest BCUT2D eigenvalue weighted by molar-refractivity contribution is -0.00000264. The molecular formula is C10H16IN. The van der Waals surface area contributed by atoms with Gasteiger partial charge in [0.15, 0.2) is 0 Å². The van der Waals surface area contributed by atoms with Crippen molar-refractivity contribution in [2.24, 2.45) is 0 Å². The van der Waals surface area contributed by atoms with Gasteiger partial charge in [-0.1, -0.05) is 12.1 Å². The predicted octanol–water partition coefficient (Wildman–Crippen LogP) is -0.804. The van der Waals surface area contributed by atoms with Gasteiger partial charge in [-0.2, -0.15) is 0 Å². The van der Waals surface area contributed by atoms with Crippen LogP contribution >= 0.6 is 0 Å². The van der Waals surface area contributed by atoms with E-state index in [1.807, 2.05) is 0 Å². The van der Waals surface area contributed by atoms with Crippen molar-refractivity contribution in [1.82, 2.24) is 4.48 Å². The Morgan fingerprint density at radius 3 is 2.00 bits per heavy atom. The van der Waals surface area contributed by atoms with Gasteiger partial charge in [0.05, 0.1) is 21.1 Å². The van der Waals surface area contributed by atoms with E-state index in [9.17, 15) is 0 Å². The third-order valence-corrected chi connectivity index (χ3v) is 1.78. The average Bonchev–Trinajstić information content (AvgIpc) is 1.86. The second-order valence-corrected chi connectivity index (χ2v) is 3.85. The van der Waals surface area contributed by atoms with Gasteiger partial charge < -0.3 is 24.0 Å². The fraction of sp³-hybridized carbons (Fsp3) is 0.400. The van der Waals surface area contributed by atoms with Gasteiger partial charge in [-0.15, -0.1) is 0 Å². The summed E-state index contributed by atoms with van der Waals surface area (Å²) in [6, 6.07) is 8.61. The number of hydrogen-bond acceptors (Lipinski definition) is 0. The molecule has 0 saturated carbocycles. The molecule has 0 heterocycles. The molecule has 0 aliphatic carbocycles. The number of benzene rings is 1. The van der Waals surface area contributed by atoms with E-state index in [1.54, 1.807) is 0 Å². The van der Waals surface area contributed by atoms with Crippen LogP contribution in [0.15, 0.2) is 24.3 Å². The van der Waals surface area contributed by atoms with Crippen molar-refractivity contribution >= 4 is 5.69 Å². The lowest BCUT2D eigenvalue weighted by Crippen LogP contribution is -3.00. The molecule has 0 amide bonds. The minimum Gasteiger partial charge on any atom is -1.00 e. The summed E-state index contributed by atoms with van der Waals surface area (Å²) in [6.07, 6.45) is 0. The van der Waals surface area contributed by atoms with Gasteiger partial charge in [-0.05, 0) is 18.6 Å². The van der Waals surface area contributed by atoms with Crippen LogP contribution < -0.4 is 28.5 Å². The Balaban J connectivity index is 0.00000121. The number of hydrogen-bond donors (Lipinski definition) is 0. The molecule has 0 bridgehead atoms. The molecule has 0 unspecified atom stereocenters. The Bertz CT molecular complexity index is 250. The van der Waals surface area contributed by atoms with Crippen molar-refractivity contribution in [3.8, 4) is 0 Å². The molecule has 0 spiro atoms. The SMILES string of the molecule is Cc1cccc([N+](C)(C)[11CH3])c1.[I-]. The first-order chi connectivity index (χ1) is 5.00. The molecule has 12 heavy (non-hydrogen) atoms. The smallest absolute Gasteiger partial charge is 0.132 e. The average molecular weight is 276 g/mol. The van der Waals surface area contributed by atoms with E-state index in [1.165, 1.54) is 11.3 Å². The highest BCUT2D eigenvalue weighted by Crippen LogP contribution is 2.17. The molecule has 1 nitrogen and oxygen atoms in total. The molecule has 0 saturated heterocycles. The number of nitrogens with zero attached hydrogens (tertiary/aromatic N) is 1. The van der Waals surface area contributed by atoms with E-state index in [0.717, 1.165) is 4.48 Å². The van der Waals surface area contributed by atoms with Crippen LogP contribution in [0.2, 0.25) is 0 Å². The van der Waals surface area contributed by atoms with Crippen molar-refractivity contribution in [2.45, 2.75) is 6.92 Å². The number of quaternary nitrogens is 1. The zero-order valence-electron chi connectivity index (χ0n) is 8.13. The summed E-state index contributed by atoms with van der Waals surface area (Å²) >= 11 is 0. The van der Waals surface area contributed by atoms with E-state index < -0.39 is 0 Å². The molecule has 0 atom stereocenters. The Morgan fingerprint density at radius 1 is 1.08 bits per heavy atom. The number of halogens is 1. The molecule has 0 radical (unpaired) electrons. The molecule has 2 heteroatoms. The highest BCUT2D eigenvalue weighted by molar-refractivity contribution is 5.43. The van der Waals surface area contributed by atoms with E-state index in [2.05, 4.69) is 52.3 Å². The molecule has 0 aromatic heterocycles. The van der Waals surface area contributed by atoms with Gasteiger partial charge in [0.2, 0.25) is 0 Å². The van der Waals surface area contributed by atoms with Gasteiger partial charge in [0.1, 0.15) is 5.69 Å². The van der Waals surface area contributed by atoms with E-state index >= 15 is 0 Å². The minimum atomic E-state index is 0. The van der Waals surface area contributed by atoms with Gasteiger partial charge in [-0.3, -0.25) is 4.48 Å². The lowest BCUT2D eigenvalue weighted by atomic mass is 10.1. The van der Waals surface area contributed by atoms with E-state index in [-0.39, 0.29) is 24.0 Å². The van der Waals surface area contributed by atoms with Crippen molar-refractivity contribution in [1.29, 1.82) is 0 Å². The molecular weight excluding hydrogens is 260 g/mol. The Labute approximate surface area is 92.0 Å². The first kappa shape index (κ1) is 11.9. The first-order valence-corrected chi connectivity index (χ1v) is 3.89.